The minimum Gasteiger partial charge on any atom is -0.0620 e. The van der Waals surface area contributed by atoms with E-state index in [4.69, 9.17) is 0 Å². The summed E-state index contributed by atoms with van der Waals surface area (Å²) in [5, 5.41) is 0. The van der Waals surface area contributed by atoms with Crippen molar-refractivity contribution >= 4 is 0 Å². The highest BCUT2D eigenvalue weighted by molar-refractivity contribution is 5.70. The van der Waals surface area contributed by atoms with E-state index in [0.29, 0.717) is 0 Å². The maximum absolute atomic E-state index is 2.36. The number of hydrogen-bond acceptors (Lipinski definition) is 0. The zero-order chi connectivity index (χ0) is 19.3. The second-order valence-electron chi connectivity index (χ2n) is 8.76. The topological polar surface area (TPSA) is 0 Å². The first-order valence-corrected chi connectivity index (χ1v) is 12.1. The lowest BCUT2D eigenvalue weighted by atomic mass is 9.90. The van der Waals surface area contributed by atoms with Crippen LogP contribution in [0.4, 0.5) is 0 Å². The Morgan fingerprint density at radius 1 is 0.321 bits per heavy atom. The molecule has 0 atom stereocenters. The Morgan fingerprint density at radius 3 is 0.964 bits per heavy atom. The van der Waals surface area contributed by atoms with Crippen LogP contribution in [0.25, 0.3) is 11.1 Å². The molecule has 28 heavy (non-hydrogen) atoms. The molecule has 0 heterocycles. The van der Waals surface area contributed by atoms with Gasteiger partial charge in [-0.25, -0.2) is 0 Å². The molecule has 0 saturated heterocycles. The molecular weight excluding hydrogens is 336 g/mol. The lowest BCUT2D eigenvalue weighted by molar-refractivity contribution is 0.533. The Morgan fingerprint density at radius 2 is 0.607 bits per heavy atom. The summed E-state index contributed by atoms with van der Waals surface area (Å²) in [6.45, 7) is 0. The van der Waals surface area contributed by atoms with Gasteiger partial charge in [0.15, 0.2) is 0 Å². The van der Waals surface area contributed by atoms with Gasteiger partial charge in [0, 0.05) is 0 Å². The zero-order valence-electron chi connectivity index (χ0n) is 17.9. The molecular formula is C28H40. The van der Waals surface area contributed by atoms with Crippen molar-refractivity contribution in [1.82, 2.24) is 0 Å². The van der Waals surface area contributed by atoms with Gasteiger partial charge in [-0.05, 0) is 47.9 Å². The van der Waals surface area contributed by atoms with Crippen LogP contribution < -0.4 is 0 Å². The highest BCUT2D eigenvalue weighted by Crippen LogP contribution is 2.29. The second kappa shape index (κ2) is 12.8. The molecule has 0 heteroatoms. The van der Waals surface area contributed by atoms with Crippen LogP contribution in [0.2, 0.25) is 0 Å². The van der Waals surface area contributed by atoms with Crippen molar-refractivity contribution in [2.45, 2.75) is 103 Å². The summed E-state index contributed by atoms with van der Waals surface area (Å²) >= 11 is 0. The average molecular weight is 377 g/mol. The summed E-state index contributed by atoms with van der Waals surface area (Å²) < 4.78 is 0. The van der Waals surface area contributed by atoms with Crippen molar-refractivity contribution in [3.63, 3.8) is 0 Å². The van der Waals surface area contributed by atoms with Gasteiger partial charge in [-0.2, -0.15) is 0 Å². The van der Waals surface area contributed by atoms with Gasteiger partial charge < -0.3 is 0 Å². The molecule has 0 unspecified atom stereocenters. The number of benzene rings is 2. The molecule has 0 bridgehead atoms. The first-order valence-electron chi connectivity index (χ1n) is 12.1. The molecule has 0 amide bonds. The Labute approximate surface area is 173 Å². The fraction of sp³-hybridized carbons (Fsp3) is 0.571. The van der Waals surface area contributed by atoms with E-state index in [9.17, 15) is 0 Å². The number of rotatable bonds is 0. The standard InChI is InChI=1S/C28H40/c1-2-4-6-8-10-12-14-20-26-22-16-18-24-28(26)27-23-17-15-21-25(27)19-13-11-9-7-5-3-1/h15-18,21-24H,1-14,19-20H2. The molecule has 0 radical (unpaired) electrons. The molecule has 0 spiro atoms. The summed E-state index contributed by atoms with van der Waals surface area (Å²) in [4.78, 5) is 0. The van der Waals surface area contributed by atoms with E-state index < -0.39 is 0 Å². The van der Waals surface area contributed by atoms with Gasteiger partial charge in [0.2, 0.25) is 0 Å². The Bertz CT molecular complexity index is 610. The first kappa shape index (κ1) is 21.2. The van der Waals surface area contributed by atoms with Crippen LogP contribution in [0.3, 0.4) is 0 Å². The van der Waals surface area contributed by atoms with E-state index in [0.717, 1.165) is 0 Å². The predicted molar refractivity (Wildman–Crippen MR) is 124 cm³/mol. The van der Waals surface area contributed by atoms with E-state index in [1.54, 1.807) is 11.1 Å². The average Bonchev–Trinajstić information content (AvgIpc) is 2.73. The second-order valence-corrected chi connectivity index (χ2v) is 8.76. The lowest BCUT2D eigenvalue weighted by Crippen LogP contribution is -1.96. The van der Waals surface area contributed by atoms with Crippen LogP contribution in [-0.4, -0.2) is 0 Å². The third-order valence-corrected chi connectivity index (χ3v) is 6.47. The molecule has 2 aromatic rings. The van der Waals surface area contributed by atoms with Crippen molar-refractivity contribution in [1.29, 1.82) is 0 Å². The molecule has 2 aromatic carbocycles. The smallest absolute Gasteiger partial charge is 0.0149 e. The van der Waals surface area contributed by atoms with Gasteiger partial charge in [-0.1, -0.05) is 126 Å². The van der Waals surface area contributed by atoms with E-state index in [1.165, 1.54) is 114 Å². The van der Waals surface area contributed by atoms with Gasteiger partial charge in [-0.3, -0.25) is 0 Å². The maximum Gasteiger partial charge on any atom is -0.0149 e. The van der Waals surface area contributed by atoms with Gasteiger partial charge in [0.05, 0.1) is 0 Å². The molecule has 0 nitrogen and oxygen atoms in total. The van der Waals surface area contributed by atoms with Crippen LogP contribution in [0.1, 0.15) is 101 Å². The van der Waals surface area contributed by atoms with Gasteiger partial charge in [0.1, 0.15) is 0 Å². The fourth-order valence-corrected chi connectivity index (χ4v) is 4.75. The first-order chi connectivity index (χ1) is 13.9. The molecule has 0 fully saturated rings. The number of hydrogen-bond donors (Lipinski definition) is 0. The van der Waals surface area contributed by atoms with Gasteiger partial charge in [-0.15, -0.1) is 0 Å². The number of fused-ring (bicyclic) bond motifs is 3. The van der Waals surface area contributed by atoms with Crippen LogP contribution in [0, 0.1) is 0 Å². The van der Waals surface area contributed by atoms with Crippen molar-refractivity contribution in [2.24, 2.45) is 0 Å². The monoisotopic (exact) mass is 376 g/mol. The van der Waals surface area contributed by atoms with E-state index in [-0.39, 0.29) is 0 Å². The van der Waals surface area contributed by atoms with Crippen molar-refractivity contribution < 1.29 is 0 Å². The normalized spacial score (nSPS) is 18.6. The van der Waals surface area contributed by atoms with Crippen molar-refractivity contribution in [2.75, 3.05) is 0 Å². The molecule has 0 aromatic heterocycles. The Balaban J connectivity index is 1.68. The summed E-state index contributed by atoms with van der Waals surface area (Å²) in [6, 6.07) is 18.3. The third kappa shape index (κ3) is 7.12. The molecule has 0 saturated carbocycles. The number of aryl methyl sites for hydroxylation is 2. The van der Waals surface area contributed by atoms with Gasteiger partial charge >= 0.3 is 0 Å². The quantitative estimate of drug-likeness (QED) is 0.430. The largest absolute Gasteiger partial charge is 0.0620 e. The van der Waals surface area contributed by atoms with Crippen LogP contribution in [0.5, 0.6) is 0 Å². The lowest BCUT2D eigenvalue weighted by Gasteiger charge is -2.14. The highest BCUT2D eigenvalue weighted by Gasteiger charge is 2.09. The van der Waals surface area contributed by atoms with Gasteiger partial charge in [0.25, 0.3) is 0 Å². The van der Waals surface area contributed by atoms with Crippen molar-refractivity contribution in [3.8, 4) is 11.1 Å². The molecule has 3 rings (SSSR count). The molecule has 1 aliphatic carbocycles. The highest BCUT2D eigenvalue weighted by atomic mass is 14.1. The zero-order valence-corrected chi connectivity index (χ0v) is 17.9. The fourth-order valence-electron chi connectivity index (χ4n) is 4.75. The molecule has 1 aliphatic rings. The summed E-state index contributed by atoms with van der Waals surface area (Å²) in [7, 11) is 0. The molecule has 0 aliphatic heterocycles. The van der Waals surface area contributed by atoms with Crippen LogP contribution in [0.15, 0.2) is 48.5 Å². The van der Waals surface area contributed by atoms with Crippen LogP contribution in [-0.2, 0) is 12.8 Å². The summed E-state index contributed by atoms with van der Waals surface area (Å²) in [5.74, 6) is 0. The molecule has 0 N–H and O–H groups in total. The van der Waals surface area contributed by atoms with E-state index in [2.05, 4.69) is 48.5 Å². The van der Waals surface area contributed by atoms with Crippen LogP contribution >= 0.6 is 0 Å². The minimum absolute atomic E-state index is 1.23. The molecule has 152 valence electrons. The maximum atomic E-state index is 2.36. The van der Waals surface area contributed by atoms with E-state index >= 15 is 0 Å². The summed E-state index contributed by atoms with van der Waals surface area (Å²) in [5.41, 5.74) is 6.05. The Kier molecular flexibility index (Phi) is 9.68. The summed E-state index contributed by atoms with van der Waals surface area (Å²) in [6.07, 6.45) is 22.3. The SMILES string of the molecule is c1ccc2c(c1)CCCCCCCCCCCCCCCCc1ccccc1-2. The third-order valence-electron chi connectivity index (χ3n) is 6.47. The van der Waals surface area contributed by atoms with E-state index in [1.807, 2.05) is 0 Å². The minimum atomic E-state index is 1.23. The predicted octanol–water partition coefficient (Wildman–Crippen LogP) is 8.91. The van der Waals surface area contributed by atoms with Crippen molar-refractivity contribution in [3.05, 3.63) is 59.7 Å². The Hall–Kier alpha value is -1.56.